The summed E-state index contributed by atoms with van der Waals surface area (Å²) in [5.74, 6) is 0.836. The van der Waals surface area contributed by atoms with Gasteiger partial charge >= 0.3 is 0 Å². The number of rotatable bonds is 4. The highest BCUT2D eigenvalue weighted by Gasteiger charge is 2.19. The van der Waals surface area contributed by atoms with Gasteiger partial charge in [0, 0.05) is 4.47 Å². The van der Waals surface area contributed by atoms with Crippen LogP contribution in [-0.2, 0) is 6.42 Å². The molecule has 0 aliphatic heterocycles. The highest BCUT2D eigenvalue weighted by atomic mass is 79.9. The summed E-state index contributed by atoms with van der Waals surface area (Å²) >= 11 is 3.46. The zero-order chi connectivity index (χ0) is 11.4. The predicted molar refractivity (Wildman–Crippen MR) is 67.9 cm³/mol. The number of hydrogen-bond donors (Lipinski definition) is 1. The van der Waals surface area contributed by atoms with Gasteiger partial charge in [-0.3, -0.25) is 0 Å². The van der Waals surface area contributed by atoms with Crippen molar-refractivity contribution in [3.63, 3.8) is 0 Å². The van der Waals surface area contributed by atoms with E-state index in [0.717, 1.165) is 10.9 Å². The SMILES string of the molecule is CC(C)C(Cc1cccc(Br)c1)C(C)O. The molecule has 0 amide bonds. The minimum Gasteiger partial charge on any atom is -0.393 e. The molecule has 0 bridgehead atoms. The van der Waals surface area contributed by atoms with Crippen LogP contribution in [0.1, 0.15) is 26.3 Å². The van der Waals surface area contributed by atoms with Crippen LogP contribution in [0, 0.1) is 11.8 Å². The normalized spacial score (nSPS) is 15.3. The Kier molecular flexibility index (Phi) is 4.81. The third-order valence-corrected chi connectivity index (χ3v) is 3.33. The molecule has 1 aromatic carbocycles. The fraction of sp³-hybridized carbons (Fsp3) is 0.538. The van der Waals surface area contributed by atoms with Crippen LogP contribution < -0.4 is 0 Å². The van der Waals surface area contributed by atoms with Crippen molar-refractivity contribution in [3.05, 3.63) is 34.3 Å². The minimum atomic E-state index is -0.246. The van der Waals surface area contributed by atoms with E-state index >= 15 is 0 Å². The van der Waals surface area contributed by atoms with Crippen molar-refractivity contribution in [3.8, 4) is 0 Å². The van der Waals surface area contributed by atoms with E-state index in [9.17, 15) is 5.11 Å². The average Bonchev–Trinajstić information content (AvgIpc) is 2.13. The van der Waals surface area contributed by atoms with Gasteiger partial charge in [0.1, 0.15) is 0 Å². The number of benzene rings is 1. The molecule has 2 atom stereocenters. The summed E-state index contributed by atoms with van der Waals surface area (Å²) in [5, 5.41) is 9.70. The molecule has 0 spiro atoms. The summed E-state index contributed by atoms with van der Waals surface area (Å²) < 4.78 is 1.10. The van der Waals surface area contributed by atoms with Crippen molar-refractivity contribution in [1.29, 1.82) is 0 Å². The van der Waals surface area contributed by atoms with Crippen molar-refractivity contribution < 1.29 is 5.11 Å². The smallest absolute Gasteiger partial charge is 0.0545 e. The van der Waals surface area contributed by atoms with Gasteiger partial charge in [-0.25, -0.2) is 0 Å². The Hall–Kier alpha value is -0.340. The molecule has 0 aromatic heterocycles. The molecule has 2 unspecified atom stereocenters. The Balaban J connectivity index is 2.74. The summed E-state index contributed by atoms with van der Waals surface area (Å²) in [5.41, 5.74) is 1.28. The lowest BCUT2D eigenvalue weighted by Gasteiger charge is -2.23. The van der Waals surface area contributed by atoms with Crippen LogP contribution >= 0.6 is 15.9 Å². The summed E-state index contributed by atoms with van der Waals surface area (Å²) in [4.78, 5) is 0. The molecule has 1 aromatic rings. The van der Waals surface area contributed by atoms with Crippen molar-refractivity contribution >= 4 is 15.9 Å². The lowest BCUT2D eigenvalue weighted by Crippen LogP contribution is -2.24. The van der Waals surface area contributed by atoms with E-state index in [1.807, 2.05) is 19.1 Å². The van der Waals surface area contributed by atoms with E-state index in [0.29, 0.717) is 11.8 Å². The van der Waals surface area contributed by atoms with Crippen molar-refractivity contribution in [1.82, 2.24) is 0 Å². The molecular weight excluding hydrogens is 252 g/mol. The van der Waals surface area contributed by atoms with Gasteiger partial charge in [-0.2, -0.15) is 0 Å². The van der Waals surface area contributed by atoms with E-state index in [-0.39, 0.29) is 6.10 Å². The predicted octanol–water partition coefficient (Wildman–Crippen LogP) is 3.64. The monoisotopic (exact) mass is 270 g/mol. The van der Waals surface area contributed by atoms with Gasteiger partial charge in [-0.1, -0.05) is 41.9 Å². The van der Waals surface area contributed by atoms with Crippen LogP contribution in [0.3, 0.4) is 0 Å². The molecule has 0 saturated heterocycles. The average molecular weight is 271 g/mol. The minimum absolute atomic E-state index is 0.246. The molecule has 0 aliphatic rings. The van der Waals surface area contributed by atoms with E-state index in [4.69, 9.17) is 0 Å². The summed E-state index contributed by atoms with van der Waals surface area (Å²) in [6, 6.07) is 8.30. The number of hydrogen-bond acceptors (Lipinski definition) is 1. The molecule has 0 radical (unpaired) electrons. The van der Waals surface area contributed by atoms with Gasteiger partial charge in [0.15, 0.2) is 0 Å². The molecule has 0 aliphatic carbocycles. The fourth-order valence-corrected chi connectivity index (χ4v) is 2.35. The van der Waals surface area contributed by atoms with Crippen LogP contribution in [0.15, 0.2) is 28.7 Å². The molecule has 0 fully saturated rings. The zero-order valence-corrected chi connectivity index (χ0v) is 11.2. The first kappa shape index (κ1) is 12.7. The van der Waals surface area contributed by atoms with Gasteiger partial charge in [0.05, 0.1) is 6.10 Å². The maximum Gasteiger partial charge on any atom is 0.0545 e. The largest absolute Gasteiger partial charge is 0.393 e. The molecular formula is C13H19BrO. The molecule has 1 N–H and O–H groups in total. The maximum absolute atomic E-state index is 9.70. The second-order valence-corrected chi connectivity index (χ2v) is 5.40. The lowest BCUT2D eigenvalue weighted by molar-refractivity contribution is 0.0977. The Morgan fingerprint density at radius 3 is 2.40 bits per heavy atom. The number of aliphatic hydroxyl groups excluding tert-OH is 1. The van der Waals surface area contributed by atoms with E-state index in [2.05, 4.69) is 41.9 Å². The van der Waals surface area contributed by atoms with Crippen LogP contribution in [-0.4, -0.2) is 11.2 Å². The second-order valence-electron chi connectivity index (χ2n) is 4.48. The standard InChI is InChI=1S/C13H19BrO/c1-9(2)13(10(3)15)8-11-5-4-6-12(14)7-11/h4-7,9-10,13,15H,8H2,1-3H3. The van der Waals surface area contributed by atoms with E-state index < -0.39 is 0 Å². The Morgan fingerprint density at radius 2 is 1.93 bits per heavy atom. The Labute approximate surface area is 101 Å². The molecule has 0 saturated carbocycles. The Morgan fingerprint density at radius 1 is 1.27 bits per heavy atom. The van der Waals surface area contributed by atoms with E-state index in [1.54, 1.807) is 0 Å². The maximum atomic E-state index is 9.70. The first-order valence-electron chi connectivity index (χ1n) is 5.43. The highest BCUT2D eigenvalue weighted by Crippen LogP contribution is 2.22. The molecule has 1 nitrogen and oxygen atoms in total. The summed E-state index contributed by atoms with van der Waals surface area (Å²) in [7, 11) is 0. The fourth-order valence-electron chi connectivity index (χ4n) is 1.90. The molecule has 84 valence electrons. The van der Waals surface area contributed by atoms with Gasteiger partial charge in [-0.15, -0.1) is 0 Å². The van der Waals surface area contributed by atoms with Crippen molar-refractivity contribution in [2.45, 2.75) is 33.3 Å². The number of halogens is 1. The van der Waals surface area contributed by atoms with Gasteiger partial charge in [0.25, 0.3) is 0 Å². The van der Waals surface area contributed by atoms with Gasteiger partial charge in [-0.05, 0) is 42.9 Å². The van der Waals surface area contributed by atoms with Crippen molar-refractivity contribution in [2.75, 3.05) is 0 Å². The summed E-state index contributed by atoms with van der Waals surface area (Å²) in [6.45, 7) is 6.20. The molecule has 0 heterocycles. The van der Waals surface area contributed by atoms with Crippen LogP contribution in [0.2, 0.25) is 0 Å². The first-order chi connectivity index (χ1) is 7.00. The quantitative estimate of drug-likeness (QED) is 0.886. The topological polar surface area (TPSA) is 20.2 Å². The third kappa shape index (κ3) is 3.96. The lowest BCUT2D eigenvalue weighted by atomic mass is 9.85. The highest BCUT2D eigenvalue weighted by molar-refractivity contribution is 9.10. The Bertz CT molecular complexity index is 299. The third-order valence-electron chi connectivity index (χ3n) is 2.84. The second kappa shape index (κ2) is 5.66. The van der Waals surface area contributed by atoms with Crippen LogP contribution in [0.25, 0.3) is 0 Å². The van der Waals surface area contributed by atoms with Crippen LogP contribution in [0.4, 0.5) is 0 Å². The van der Waals surface area contributed by atoms with Crippen molar-refractivity contribution in [2.24, 2.45) is 11.8 Å². The summed E-state index contributed by atoms with van der Waals surface area (Å²) in [6.07, 6.45) is 0.693. The van der Waals surface area contributed by atoms with Gasteiger partial charge in [0.2, 0.25) is 0 Å². The number of aliphatic hydroxyl groups is 1. The zero-order valence-electron chi connectivity index (χ0n) is 9.57. The molecule has 15 heavy (non-hydrogen) atoms. The molecule has 1 rings (SSSR count). The first-order valence-corrected chi connectivity index (χ1v) is 6.22. The van der Waals surface area contributed by atoms with E-state index in [1.165, 1.54) is 5.56 Å². The van der Waals surface area contributed by atoms with Crippen LogP contribution in [0.5, 0.6) is 0 Å². The van der Waals surface area contributed by atoms with Gasteiger partial charge < -0.3 is 5.11 Å². The molecule has 2 heteroatoms.